The Morgan fingerprint density at radius 1 is 0.889 bits per heavy atom. The largest absolute Gasteiger partial charge is 0.480 e. The van der Waals surface area contributed by atoms with E-state index < -0.39 is 30.2 Å². The van der Waals surface area contributed by atoms with Crippen molar-refractivity contribution >= 4 is 17.7 Å². The summed E-state index contributed by atoms with van der Waals surface area (Å²) in [4.78, 5) is 28.9. The van der Waals surface area contributed by atoms with Gasteiger partial charge in [0.25, 0.3) is 0 Å². The number of nitrogens with two attached hydrogens (primary N) is 1. The van der Waals surface area contributed by atoms with Crippen LogP contribution in [0.1, 0.15) is 27.7 Å². The Bertz CT molecular complexity index is 218. The molecular formula is C10H21NO7. The number of aliphatic carboxylic acids is 2. The minimum Gasteiger partial charge on any atom is -0.480 e. The number of aliphatic hydroxyl groups excluding tert-OH is 2. The van der Waals surface area contributed by atoms with Crippen LogP contribution < -0.4 is 5.73 Å². The molecule has 8 nitrogen and oxygen atoms in total. The normalized spacial score (nSPS) is 13.7. The number of hydrogen-bond donors (Lipinski definition) is 5. The average molecular weight is 267 g/mol. The Labute approximate surface area is 105 Å². The summed E-state index contributed by atoms with van der Waals surface area (Å²) in [6.07, 6.45) is -2.02. The topological polar surface area (TPSA) is 158 Å². The standard InChI is InChI=1S/C4H8O2.C3H7NO2.C3H6O3/c1-3(5)4(2)6;2*1-2(4)3(5)6/h3,5H,1-2H3;2H,4H2,1H3,(H,5,6);2,4H,1H3,(H,5,6). The lowest BCUT2D eigenvalue weighted by Crippen LogP contribution is -2.25. The molecule has 0 spiro atoms. The van der Waals surface area contributed by atoms with Gasteiger partial charge < -0.3 is 26.2 Å². The summed E-state index contributed by atoms with van der Waals surface area (Å²) in [5.41, 5.74) is 4.84. The quantitative estimate of drug-likeness (QED) is 0.427. The highest BCUT2D eigenvalue weighted by Crippen LogP contribution is 1.77. The number of carboxylic acid groups (broad SMARTS) is 2. The molecule has 0 aromatic carbocycles. The van der Waals surface area contributed by atoms with Gasteiger partial charge in [0, 0.05) is 0 Å². The summed E-state index contributed by atoms with van der Waals surface area (Å²) < 4.78 is 0. The smallest absolute Gasteiger partial charge is 0.332 e. The Morgan fingerprint density at radius 2 is 1.06 bits per heavy atom. The van der Waals surface area contributed by atoms with E-state index in [9.17, 15) is 14.4 Å². The third-order valence-corrected chi connectivity index (χ3v) is 1.34. The van der Waals surface area contributed by atoms with Crippen molar-refractivity contribution < 1.29 is 34.8 Å². The highest BCUT2D eigenvalue weighted by atomic mass is 16.4. The molecule has 0 fully saturated rings. The lowest BCUT2D eigenvalue weighted by atomic mass is 10.3. The fourth-order valence-electron chi connectivity index (χ4n) is 0. The van der Waals surface area contributed by atoms with Gasteiger partial charge in [-0.1, -0.05) is 0 Å². The van der Waals surface area contributed by atoms with E-state index in [1.165, 1.54) is 27.7 Å². The van der Waals surface area contributed by atoms with Crippen molar-refractivity contribution in [3.05, 3.63) is 0 Å². The van der Waals surface area contributed by atoms with Gasteiger partial charge in [0.05, 0.1) is 0 Å². The lowest BCUT2D eigenvalue weighted by Gasteiger charge is -1.90. The van der Waals surface area contributed by atoms with Gasteiger partial charge in [0.1, 0.15) is 18.2 Å². The molecular weight excluding hydrogens is 246 g/mol. The number of Topliss-reactive ketones (excluding diaryl/α,β-unsaturated/α-hetero) is 1. The number of carbonyl (C=O) groups excluding carboxylic acids is 1. The highest BCUT2D eigenvalue weighted by Gasteiger charge is 2.01. The van der Waals surface area contributed by atoms with Crippen LogP contribution in [-0.4, -0.2) is 56.4 Å². The molecule has 0 aromatic rings. The van der Waals surface area contributed by atoms with Gasteiger partial charge in [-0.15, -0.1) is 0 Å². The summed E-state index contributed by atoms with van der Waals surface area (Å²) in [6, 6.07) is -0.731. The number of carboxylic acids is 2. The number of ketones is 1. The van der Waals surface area contributed by atoms with Gasteiger partial charge in [0.2, 0.25) is 0 Å². The molecule has 108 valence electrons. The van der Waals surface area contributed by atoms with Crippen molar-refractivity contribution in [2.24, 2.45) is 5.73 Å². The maximum atomic E-state index is 9.89. The van der Waals surface area contributed by atoms with E-state index in [0.717, 1.165) is 0 Å². The van der Waals surface area contributed by atoms with Gasteiger partial charge in [0.15, 0.2) is 5.78 Å². The maximum Gasteiger partial charge on any atom is 0.332 e. The Morgan fingerprint density at radius 3 is 1.06 bits per heavy atom. The van der Waals surface area contributed by atoms with E-state index >= 15 is 0 Å². The van der Waals surface area contributed by atoms with E-state index in [-0.39, 0.29) is 5.78 Å². The van der Waals surface area contributed by atoms with Crippen molar-refractivity contribution in [2.75, 3.05) is 0 Å². The molecule has 6 N–H and O–H groups in total. The van der Waals surface area contributed by atoms with Crippen LogP contribution in [0.3, 0.4) is 0 Å². The Kier molecular flexibility index (Phi) is 14.4. The minimum absolute atomic E-state index is 0.185. The molecule has 3 unspecified atom stereocenters. The van der Waals surface area contributed by atoms with Crippen LogP contribution in [0.5, 0.6) is 0 Å². The number of aliphatic hydroxyl groups is 2. The molecule has 0 aliphatic carbocycles. The third-order valence-electron chi connectivity index (χ3n) is 1.34. The number of carbonyl (C=O) groups is 3. The monoisotopic (exact) mass is 267 g/mol. The summed E-state index contributed by atoms with van der Waals surface area (Å²) >= 11 is 0. The fraction of sp³-hybridized carbons (Fsp3) is 0.700. The van der Waals surface area contributed by atoms with Crippen LogP contribution >= 0.6 is 0 Å². The second kappa shape index (κ2) is 12.0. The molecule has 0 bridgehead atoms. The fourth-order valence-corrected chi connectivity index (χ4v) is 0. The van der Waals surface area contributed by atoms with Gasteiger partial charge in [-0.2, -0.15) is 0 Å². The zero-order valence-electron chi connectivity index (χ0n) is 10.8. The Hall–Kier alpha value is -1.51. The van der Waals surface area contributed by atoms with Gasteiger partial charge >= 0.3 is 11.9 Å². The van der Waals surface area contributed by atoms with E-state index in [2.05, 4.69) is 0 Å². The molecule has 0 heterocycles. The molecule has 0 amide bonds. The van der Waals surface area contributed by atoms with Crippen LogP contribution in [-0.2, 0) is 14.4 Å². The van der Waals surface area contributed by atoms with Gasteiger partial charge in [-0.05, 0) is 27.7 Å². The molecule has 0 aliphatic rings. The second-order valence-corrected chi connectivity index (χ2v) is 3.43. The highest BCUT2D eigenvalue weighted by molar-refractivity contribution is 5.79. The molecule has 0 saturated carbocycles. The summed E-state index contributed by atoms with van der Waals surface area (Å²) in [5, 5.41) is 31.9. The Balaban J connectivity index is -0.000000187. The molecule has 0 saturated heterocycles. The molecule has 18 heavy (non-hydrogen) atoms. The summed E-state index contributed by atoms with van der Waals surface area (Å²) in [7, 11) is 0. The van der Waals surface area contributed by atoms with Crippen LogP contribution in [0.15, 0.2) is 0 Å². The average Bonchev–Trinajstić information content (AvgIpc) is 2.18. The van der Waals surface area contributed by atoms with E-state index in [1.54, 1.807) is 0 Å². The molecule has 0 rings (SSSR count). The van der Waals surface area contributed by atoms with Crippen molar-refractivity contribution in [1.29, 1.82) is 0 Å². The first kappa shape index (κ1) is 21.7. The SMILES string of the molecule is CC(=O)C(C)O.CC(N)C(=O)O.CC(O)C(=O)O. The maximum absolute atomic E-state index is 9.89. The zero-order valence-corrected chi connectivity index (χ0v) is 10.8. The summed E-state index contributed by atoms with van der Waals surface area (Å²) in [5.74, 6) is -2.33. The predicted octanol–water partition coefficient (Wildman–Crippen LogP) is -1.17. The first-order valence-corrected chi connectivity index (χ1v) is 5.01. The lowest BCUT2D eigenvalue weighted by molar-refractivity contribution is -0.145. The van der Waals surface area contributed by atoms with Crippen LogP contribution in [0, 0.1) is 0 Å². The summed E-state index contributed by atoms with van der Waals surface area (Å²) in [6.45, 7) is 5.41. The second-order valence-electron chi connectivity index (χ2n) is 3.43. The van der Waals surface area contributed by atoms with Crippen molar-refractivity contribution in [3.8, 4) is 0 Å². The molecule has 8 heteroatoms. The predicted molar refractivity (Wildman–Crippen MR) is 63.0 cm³/mol. The van der Waals surface area contributed by atoms with Crippen molar-refractivity contribution in [3.63, 3.8) is 0 Å². The van der Waals surface area contributed by atoms with Crippen LogP contribution in [0.4, 0.5) is 0 Å². The number of rotatable bonds is 3. The van der Waals surface area contributed by atoms with Crippen molar-refractivity contribution in [1.82, 2.24) is 0 Å². The minimum atomic E-state index is -1.23. The van der Waals surface area contributed by atoms with Crippen LogP contribution in [0.2, 0.25) is 0 Å². The van der Waals surface area contributed by atoms with E-state index in [0.29, 0.717) is 0 Å². The molecule has 3 atom stereocenters. The molecule has 0 radical (unpaired) electrons. The van der Waals surface area contributed by atoms with Crippen LogP contribution in [0.25, 0.3) is 0 Å². The first-order valence-electron chi connectivity index (χ1n) is 5.01. The number of hydrogen-bond acceptors (Lipinski definition) is 6. The molecule has 0 aromatic heterocycles. The first-order chi connectivity index (χ1) is 7.93. The van der Waals surface area contributed by atoms with E-state index in [4.69, 9.17) is 26.2 Å². The zero-order chi connectivity index (χ0) is 15.5. The third kappa shape index (κ3) is 24.0. The van der Waals surface area contributed by atoms with Gasteiger partial charge in [-0.3, -0.25) is 9.59 Å². The van der Waals surface area contributed by atoms with Crippen molar-refractivity contribution in [2.45, 2.75) is 45.9 Å². The molecule has 0 aliphatic heterocycles. The van der Waals surface area contributed by atoms with Gasteiger partial charge in [-0.25, -0.2) is 4.79 Å². The van der Waals surface area contributed by atoms with E-state index in [1.807, 2.05) is 0 Å².